The van der Waals surface area contributed by atoms with E-state index in [-0.39, 0.29) is 11.8 Å². The SMILES string of the molecule is CC[C@H](C)[C@H](NC(=O)C1CN(Cc2ccccc2)CCO1)C(=O)O. The lowest BCUT2D eigenvalue weighted by molar-refractivity contribution is -0.148. The van der Waals surface area contributed by atoms with E-state index in [9.17, 15) is 14.7 Å². The van der Waals surface area contributed by atoms with Crippen LogP contribution in [-0.4, -0.2) is 53.7 Å². The Morgan fingerprint density at radius 1 is 1.38 bits per heavy atom. The molecule has 1 fully saturated rings. The largest absolute Gasteiger partial charge is 0.480 e. The first-order chi connectivity index (χ1) is 11.5. The van der Waals surface area contributed by atoms with Crippen LogP contribution in [-0.2, 0) is 20.9 Å². The van der Waals surface area contributed by atoms with Crippen molar-refractivity contribution in [1.29, 1.82) is 0 Å². The maximum Gasteiger partial charge on any atom is 0.326 e. The first kappa shape index (κ1) is 18.4. The Bertz CT molecular complexity index is 549. The number of nitrogens with one attached hydrogen (secondary N) is 1. The van der Waals surface area contributed by atoms with Gasteiger partial charge in [-0.15, -0.1) is 0 Å². The zero-order valence-electron chi connectivity index (χ0n) is 14.3. The Labute approximate surface area is 142 Å². The van der Waals surface area contributed by atoms with Gasteiger partial charge >= 0.3 is 5.97 Å². The summed E-state index contributed by atoms with van der Waals surface area (Å²) >= 11 is 0. The molecule has 2 rings (SSSR count). The summed E-state index contributed by atoms with van der Waals surface area (Å²) < 4.78 is 5.56. The molecule has 1 saturated heterocycles. The molecular formula is C18H26N2O4. The number of carbonyl (C=O) groups is 2. The summed E-state index contributed by atoms with van der Waals surface area (Å²) in [7, 11) is 0. The van der Waals surface area contributed by atoms with Crippen LogP contribution in [0.25, 0.3) is 0 Å². The Hall–Kier alpha value is -1.92. The lowest BCUT2D eigenvalue weighted by atomic mass is 9.99. The highest BCUT2D eigenvalue weighted by Gasteiger charge is 2.31. The maximum atomic E-state index is 12.4. The number of amides is 1. The molecule has 1 unspecified atom stereocenters. The van der Waals surface area contributed by atoms with Crippen LogP contribution in [0.3, 0.4) is 0 Å². The van der Waals surface area contributed by atoms with E-state index in [0.717, 1.165) is 13.1 Å². The smallest absolute Gasteiger partial charge is 0.326 e. The Morgan fingerprint density at radius 3 is 2.71 bits per heavy atom. The van der Waals surface area contributed by atoms with Crippen LogP contribution in [0.15, 0.2) is 30.3 Å². The van der Waals surface area contributed by atoms with Crippen molar-refractivity contribution in [2.75, 3.05) is 19.7 Å². The molecule has 0 aromatic heterocycles. The first-order valence-corrected chi connectivity index (χ1v) is 8.42. The minimum absolute atomic E-state index is 0.129. The maximum absolute atomic E-state index is 12.4. The predicted octanol–water partition coefficient (Wildman–Crippen LogP) is 1.50. The van der Waals surface area contributed by atoms with E-state index in [0.29, 0.717) is 19.6 Å². The van der Waals surface area contributed by atoms with Crippen molar-refractivity contribution < 1.29 is 19.4 Å². The van der Waals surface area contributed by atoms with Crippen molar-refractivity contribution in [3.05, 3.63) is 35.9 Å². The summed E-state index contributed by atoms with van der Waals surface area (Å²) in [5.74, 6) is -1.48. The fraction of sp³-hybridized carbons (Fsp3) is 0.556. The van der Waals surface area contributed by atoms with Crippen LogP contribution in [0.2, 0.25) is 0 Å². The van der Waals surface area contributed by atoms with Gasteiger partial charge in [0.1, 0.15) is 12.1 Å². The molecule has 132 valence electrons. The van der Waals surface area contributed by atoms with Gasteiger partial charge in [-0.2, -0.15) is 0 Å². The summed E-state index contributed by atoms with van der Waals surface area (Å²) in [6.45, 7) is 6.17. The third-order valence-corrected chi connectivity index (χ3v) is 4.47. The van der Waals surface area contributed by atoms with Gasteiger partial charge in [0.2, 0.25) is 0 Å². The van der Waals surface area contributed by atoms with E-state index in [1.165, 1.54) is 5.56 Å². The van der Waals surface area contributed by atoms with E-state index in [2.05, 4.69) is 10.2 Å². The molecule has 24 heavy (non-hydrogen) atoms. The quantitative estimate of drug-likeness (QED) is 0.790. The second kappa shape index (κ2) is 8.80. The van der Waals surface area contributed by atoms with E-state index in [4.69, 9.17) is 4.74 Å². The van der Waals surface area contributed by atoms with Gasteiger partial charge < -0.3 is 15.2 Å². The summed E-state index contributed by atoms with van der Waals surface area (Å²) in [5.41, 5.74) is 1.18. The normalized spacial score (nSPS) is 21.0. The van der Waals surface area contributed by atoms with Crippen molar-refractivity contribution in [2.45, 2.75) is 39.0 Å². The third kappa shape index (κ3) is 5.04. The average molecular weight is 334 g/mol. The number of aliphatic carboxylic acids is 1. The molecule has 1 aliphatic rings. The molecule has 1 heterocycles. The van der Waals surface area contributed by atoms with Crippen molar-refractivity contribution in [3.8, 4) is 0 Å². The highest BCUT2D eigenvalue weighted by Crippen LogP contribution is 2.13. The molecule has 0 bridgehead atoms. The fourth-order valence-corrected chi connectivity index (χ4v) is 2.78. The van der Waals surface area contributed by atoms with E-state index in [1.807, 2.05) is 44.2 Å². The van der Waals surface area contributed by atoms with Gasteiger partial charge in [0.15, 0.2) is 0 Å². The number of hydrogen-bond acceptors (Lipinski definition) is 4. The number of morpholine rings is 1. The summed E-state index contributed by atoms with van der Waals surface area (Å²) in [5, 5.41) is 11.9. The fourth-order valence-electron chi connectivity index (χ4n) is 2.78. The summed E-state index contributed by atoms with van der Waals surface area (Å²) in [6, 6.07) is 9.17. The van der Waals surface area contributed by atoms with Gasteiger partial charge in [0.25, 0.3) is 5.91 Å². The molecule has 6 nitrogen and oxygen atoms in total. The molecular weight excluding hydrogens is 308 g/mol. The zero-order valence-corrected chi connectivity index (χ0v) is 14.3. The predicted molar refractivity (Wildman–Crippen MR) is 90.5 cm³/mol. The van der Waals surface area contributed by atoms with Crippen LogP contribution >= 0.6 is 0 Å². The standard InChI is InChI=1S/C18H26N2O4/c1-3-13(2)16(18(22)23)19-17(21)15-12-20(9-10-24-15)11-14-7-5-4-6-8-14/h4-8,13,15-16H,3,9-12H2,1-2H3,(H,19,21)(H,22,23)/t13-,15?,16-/m0/s1. The first-order valence-electron chi connectivity index (χ1n) is 8.42. The number of benzene rings is 1. The molecule has 1 amide bonds. The van der Waals surface area contributed by atoms with Crippen molar-refractivity contribution in [2.24, 2.45) is 5.92 Å². The third-order valence-electron chi connectivity index (χ3n) is 4.47. The number of carboxylic acids is 1. The molecule has 2 N–H and O–H groups in total. The molecule has 0 aliphatic carbocycles. The van der Waals surface area contributed by atoms with Crippen LogP contribution in [0.5, 0.6) is 0 Å². The number of nitrogens with zero attached hydrogens (tertiary/aromatic N) is 1. The zero-order chi connectivity index (χ0) is 17.5. The second-order valence-corrected chi connectivity index (χ2v) is 6.29. The minimum atomic E-state index is -1.00. The van der Waals surface area contributed by atoms with Crippen molar-refractivity contribution >= 4 is 11.9 Å². The molecule has 0 spiro atoms. The van der Waals surface area contributed by atoms with E-state index in [1.54, 1.807) is 0 Å². The van der Waals surface area contributed by atoms with E-state index >= 15 is 0 Å². The Morgan fingerprint density at radius 2 is 2.08 bits per heavy atom. The molecule has 1 aromatic rings. The highest BCUT2D eigenvalue weighted by atomic mass is 16.5. The molecule has 1 aromatic carbocycles. The number of hydrogen-bond donors (Lipinski definition) is 2. The number of ether oxygens (including phenoxy) is 1. The topological polar surface area (TPSA) is 78.9 Å². The monoisotopic (exact) mass is 334 g/mol. The van der Waals surface area contributed by atoms with Crippen LogP contribution in [0.1, 0.15) is 25.8 Å². The highest BCUT2D eigenvalue weighted by molar-refractivity contribution is 5.86. The lowest BCUT2D eigenvalue weighted by Gasteiger charge is -2.33. The van der Waals surface area contributed by atoms with Gasteiger partial charge in [-0.3, -0.25) is 9.69 Å². The van der Waals surface area contributed by atoms with Gasteiger partial charge in [-0.25, -0.2) is 4.79 Å². The minimum Gasteiger partial charge on any atom is -0.480 e. The molecule has 0 saturated carbocycles. The Balaban J connectivity index is 1.93. The van der Waals surface area contributed by atoms with Crippen LogP contribution < -0.4 is 5.32 Å². The van der Waals surface area contributed by atoms with Gasteiger partial charge in [0.05, 0.1) is 6.61 Å². The van der Waals surface area contributed by atoms with Gasteiger partial charge in [-0.05, 0) is 11.5 Å². The van der Waals surface area contributed by atoms with Gasteiger partial charge in [0, 0.05) is 19.6 Å². The number of rotatable bonds is 7. The molecule has 0 radical (unpaired) electrons. The molecule has 3 atom stereocenters. The Kier molecular flexibility index (Phi) is 6.75. The molecule has 1 aliphatic heterocycles. The molecule has 6 heteroatoms. The van der Waals surface area contributed by atoms with Crippen LogP contribution in [0, 0.1) is 5.92 Å². The average Bonchev–Trinajstić information content (AvgIpc) is 2.59. The van der Waals surface area contributed by atoms with Crippen molar-refractivity contribution in [1.82, 2.24) is 10.2 Å². The lowest BCUT2D eigenvalue weighted by Crippen LogP contribution is -2.54. The van der Waals surface area contributed by atoms with E-state index < -0.39 is 18.1 Å². The van der Waals surface area contributed by atoms with Gasteiger partial charge in [-0.1, -0.05) is 50.6 Å². The number of carbonyl (C=O) groups excluding carboxylic acids is 1. The summed E-state index contributed by atoms with van der Waals surface area (Å²) in [4.78, 5) is 25.9. The second-order valence-electron chi connectivity index (χ2n) is 6.29. The number of carboxylic acid groups (broad SMARTS) is 1. The summed E-state index contributed by atoms with van der Waals surface area (Å²) in [6.07, 6.45) is 0.0523. The van der Waals surface area contributed by atoms with Crippen LogP contribution in [0.4, 0.5) is 0 Å². The van der Waals surface area contributed by atoms with Crippen molar-refractivity contribution in [3.63, 3.8) is 0 Å².